The first-order valence-electron chi connectivity index (χ1n) is 28.4. The van der Waals surface area contributed by atoms with Gasteiger partial charge in [-0.15, -0.1) is 12.4 Å². The van der Waals surface area contributed by atoms with Gasteiger partial charge in [-0.3, -0.25) is 29.2 Å². The molecule has 4 aromatic carbocycles. The number of halogens is 3. The van der Waals surface area contributed by atoms with Crippen molar-refractivity contribution in [1.82, 2.24) is 24.9 Å². The van der Waals surface area contributed by atoms with Crippen LogP contribution in [0.15, 0.2) is 84.9 Å². The molecule has 10 rings (SSSR count). The normalized spacial score (nSPS) is 19.6. The van der Waals surface area contributed by atoms with E-state index in [1.54, 1.807) is 54.8 Å². The van der Waals surface area contributed by atoms with Crippen LogP contribution >= 0.6 is 12.4 Å². The Morgan fingerprint density at radius 1 is 0.583 bits per heavy atom. The maximum absolute atomic E-state index is 15.2. The van der Waals surface area contributed by atoms with Crippen LogP contribution in [-0.2, 0) is 46.4 Å². The molecular weight excluding hydrogens is 1110 g/mol. The number of nitrogens with two attached hydrogens (primary N) is 1. The molecule has 5 amide bonds. The van der Waals surface area contributed by atoms with Crippen molar-refractivity contribution in [1.29, 1.82) is 0 Å². The minimum absolute atomic E-state index is 0. The predicted molar refractivity (Wildman–Crippen MR) is 312 cm³/mol. The molecule has 6 heterocycles. The third kappa shape index (κ3) is 17.4. The van der Waals surface area contributed by atoms with Crippen LogP contribution in [0.5, 0.6) is 11.5 Å². The number of benzene rings is 4. The van der Waals surface area contributed by atoms with Crippen molar-refractivity contribution >= 4 is 65.3 Å². The van der Waals surface area contributed by atoms with Crippen LogP contribution in [0.1, 0.15) is 31.9 Å². The third-order valence-corrected chi connectivity index (χ3v) is 14.9. The molecule has 0 bridgehead atoms. The molecule has 6 aliphatic rings. The molecule has 6 saturated heterocycles. The zero-order valence-electron chi connectivity index (χ0n) is 47.9. The summed E-state index contributed by atoms with van der Waals surface area (Å²) in [6.07, 6.45) is -2.73. The first kappa shape index (κ1) is 62.8. The number of ether oxygens (including phenoxy) is 7. The number of hydrogen-bond acceptors (Lipinski definition) is 17. The van der Waals surface area contributed by atoms with E-state index >= 15 is 4.39 Å². The minimum Gasteiger partial charge on any atom is -0.484 e. The number of hydrogen-bond donors (Lipinski definition) is 2. The highest BCUT2D eigenvalue weighted by molar-refractivity contribution is 5.91. The molecule has 4 aromatic rings. The number of nitrogens with one attached hydrogen (secondary N) is 1. The van der Waals surface area contributed by atoms with Gasteiger partial charge in [-0.05, 0) is 92.6 Å². The molecule has 3 N–H and O–H groups in total. The maximum atomic E-state index is 15.2. The van der Waals surface area contributed by atoms with Crippen LogP contribution in [0.3, 0.4) is 0 Å². The smallest absolute Gasteiger partial charge is 0.414 e. The number of anilines is 4. The first-order chi connectivity index (χ1) is 40.0. The van der Waals surface area contributed by atoms with Crippen LogP contribution in [-0.4, -0.2) is 212 Å². The fourth-order valence-electron chi connectivity index (χ4n) is 10.3. The summed E-state index contributed by atoms with van der Waals surface area (Å²) in [6.45, 7) is 18.2. The molecular formula is C59H77ClF2N10O12. The molecule has 0 aromatic heterocycles. The summed E-state index contributed by atoms with van der Waals surface area (Å²) in [4.78, 5) is 76.6. The average molecular weight is 1190 g/mol. The Morgan fingerprint density at radius 3 is 1.37 bits per heavy atom. The Labute approximate surface area is 494 Å². The van der Waals surface area contributed by atoms with E-state index < -0.39 is 41.6 Å². The number of carbonyl (C=O) groups excluding carboxylic acids is 5. The predicted octanol–water partition coefficient (Wildman–Crippen LogP) is 5.33. The van der Waals surface area contributed by atoms with Gasteiger partial charge < -0.3 is 63.8 Å². The van der Waals surface area contributed by atoms with E-state index in [-0.39, 0.29) is 63.2 Å². The molecule has 25 heteroatoms. The standard InChI is InChI=1S/C32H42FN5O7.C27H34FN5O5.ClH/c1-32(2,3)45-30(40)34-19-26-21-38(31(41)44-26)24-6-9-28(27(33)18-24)36-10-12-37(13-11-36)29(39)22-43-25-7-4-23(5-8-25)20-35-14-16-42-17-15-35;28-24-15-21(33-18-23(16-29)38-27(33)35)3-6-25(24)31-7-9-32(10-8-31)26(34)19-37-22-4-1-20(2-5-22)17-30-11-13-36-14-12-30;/h4-9,18,26H,10-17,19-22H2,1-3H3,(H,34,40);1-6,15,23H,7-14,16-19,29H2;1H/t26-;23-;/m00./s1. The van der Waals surface area contributed by atoms with Crippen molar-refractivity contribution in [2.45, 2.75) is 51.7 Å². The fourth-order valence-corrected chi connectivity index (χ4v) is 10.3. The molecule has 0 aliphatic carbocycles. The van der Waals surface area contributed by atoms with E-state index in [1.165, 1.54) is 33.1 Å². The second-order valence-corrected chi connectivity index (χ2v) is 22.0. The zero-order valence-corrected chi connectivity index (χ0v) is 48.7. The molecule has 0 unspecified atom stereocenters. The number of alkyl carbamates (subject to hydrolysis) is 1. The van der Waals surface area contributed by atoms with Gasteiger partial charge in [0, 0.05) is 98.2 Å². The van der Waals surface area contributed by atoms with Crippen molar-refractivity contribution in [2.24, 2.45) is 5.73 Å². The highest BCUT2D eigenvalue weighted by Gasteiger charge is 2.35. The summed E-state index contributed by atoms with van der Waals surface area (Å²) < 4.78 is 68.2. The number of nitrogens with zero attached hydrogens (tertiary/aromatic N) is 8. The molecule has 0 saturated carbocycles. The van der Waals surface area contributed by atoms with E-state index in [0.717, 1.165) is 65.7 Å². The molecule has 0 spiro atoms. The van der Waals surface area contributed by atoms with Crippen molar-refractivity contribution < 1.29 is 65.9 Å². The molecule has 84 heavy (non-hydrogen) atoms. The lowest BCUT2D eigenvalue weighted by molar-refractivity contribution is -0.134. The highest BCUT2D eigenvalue weighted by Crippen LogP contribution is 2.31. The second-order valence-electron chi connectivity index (χ2n) is 22.0. The lowest BCUT2D eigenvalue weighted by Gasteiger charge is -2.36. The monoisotopic (exact) mass is 1190 g/mol. The number of cyclic esters (lactones) is 2. The quantitative estimate of drug-likeness (QED) is 0.128. The summed E-state index contributed by atoms with van der Waals surface area (Å²) in [5.41, 5.74) is 8.95. The van der Waals surface area contributed by atoms with Gasteiger partial charge in [-0.25, -0.2) is 23.2 Å². The number of amides is 5. The van der Waals surface area contributed by atoms with Crippen LogP contribution in [0.25, 0.3) is 0 Å². The number of piperazine rings is 2. The minimum atomic E-state index is -0.643. The van der Waals surface area contributed by atoms with Crippen molar-refractivity contribution in [2.75, 3.05) is 164 Å². The summed E-state index contributed by atoms with van der Waals surface area (Å²) in [5.74, 6) is 0.181. The second kappa shape index (κ2) is 29.5. The van der Waals surface area contributed by atoms with Crippen molar-refractivity contribution in [3.63, 3.8) is 0 Å². The molecule has 0 radical (unpaired) electrons. The lowest BCUT2D eigenvalue weighted by atomic mass is 10.2. The Bertz CT molecular complexity index is 2850. The van der Waals surface area contributed by atoms with Gasteiger partial charge in [0.15, 0.2) is 13.2 Å². The molecule has 22 nitrogen and oxygen atoms in total. The Balaban J connectivity index is 0.000000219. The topological polar surface area (TPSA) is 214 Å². The van der Waals surface area contributed by atoms with Gasteiger partial charge in [-0.2, -0.15) is 0 Å². The van der Waals surface area contributed by atoms with Gasteiger partial charge >= 0.3 is 18.3 Å². The van der Waals surface area contributed by atoms with E-state index in [0.29, 0.717) is 93.2 Å². The molecule has 2 atom stereocenters. The zero-order chi connectivity index (χ0) is 58.5. The van der Waals surface area contributed by atoms with E-state index in [2.05, 4.69) is 15.1 Å². The van der Waals surface area contributed by atoms with Crippen molar-refractivity contribution in [3.05, 3.63) is 108 Å². The average Bonchev–Trinajstić information content (AvgIpc) is 3.46. The van der Waals surface area contributed by atoms with Crippen LogP contribution in [0.2, 0.25) is 0 Å². The number of morpholine rings is 2. The maximum Gasteiger partial charge on any atom is 0.414 e. The van der Waals surface area contributed by atoms with Crippen LogP contribution in [0, 0.1) is 11.6 Å². The van der Waals surface area contributed by atoms with E-state index in [1.807, 2.05) is 58.3 Å². The van der Waals surface area contributed by atoms with Gasteiger partial charge in [0.05, 0.1) is 68.8 Å². The molecule has 6 aliphatic heterocycles. The van der Waals surface area contributed by atoms with Crippen LogP contribution in [0.4, 0.5) is 45.9 Å². The van der Waals surface area contributed by atoms with E-state index in [9.17, 15) is 28.4 Å². The number of carbonyl (C=O) groups is 5. The summed E-state index contributed by atoms with van der Waals surface area (Å²) in [7, 11) is 0. The van der Waals surface area contributed by atoms with Gasteiger partial charge in [0.2, 0.25) is 0 Å². The third-order valence-electron chi connectivity index (χ3n) is 14.9. The highest BCUT2D eigenvalue weighted by atomic mass is 35.5. The Hall–Kier alpha value is -7.22. The Morgan fingerprint density at radius 2 is 0.988 bits per heavy atom. The van der Waals surface area contributed by atoms with Crippen molar-refractivity contribution in [3.8, 4) is 11.5 Å². The number of rotatable bonds is 17. The lowest BCUT2D eigenvalue weighted by Crippen LogP contribution is -2.50. The first-order valence-corrected chi connectivity index (χ1v) is 28.4. The van der Waals surface area contributed by atoms with E-state index in [4.69, 9.17) is 38.9 Å². The molecule has 456 valence electrons. The molecule has 6 fully saturated rings. The SMILES string of the molecule is CC(C)(C)OC(=O)NC[C@H]1CN(c2ccc(N3CCN(C(=O)COc4ccc(CN5CCOCC5)cc4)CC3)c(F)c2)C(=O)O1.Cl.NC[C@H]1CN(c2ccc(N3CCN(C(=O)COc4ccc(CN5CCOCC5)cc4)CC3)c(F)c2)C(=O)O1. The van der Waals surface area contributed by atoms with Gasteiger partial charge in [0.1, 0.15) is 40.9 Å². The Kier molecular flexibility index (Phi) is 22.1. The summed E-state index contributed by atoms with van der Waals surface area (Å²) in [6, 6.07) is 25.0. The van der Waals surface area contributed by atoms with Gasteiger partial charge in [-0.1, -0.05) is 24.3 Å². The van der Waals surface area contributed by atoms with Crippen LogP contribution < -0.4 is 40.1 Å². The largest absolute Gasteiger partial charge is 0.484 e. The summed E-state index contributed by atoms with van der Waals surface area (Å²) >= 11 is 0. The summed E-state index contributed by atoms with van der Waals surface area (Å²) in [5, 5.41) is 2.59. The van der Waals surface area contributed by atoms with Gasteiger partial charge in [0.25, 0.3) is 11.8 Å². The fraction of sp³-hybridized carbons (Fsp3) is 0.508.